The van der Waals surface area contributed by atoms with Gasteiger partial charge in [0, 0.05) is 0 Å². The Morgan fingerprint density at radius 1 is 1.44 bits per heavy atom. The van der Waals surface area contributed by atoms with Crippen LogP contribution in [0.4, 0.5) is 5.95 Å². The maximum absolute atomic E-state index is 12.2. The van der Waals surface area contributed by atoms with Crippen molar-refractivity contribution in [1.82, 2.24) is 25.2 Å². The van der Waals surface area contributed by atoms with Crippen LogP contribution in [-0.2, 0) is 4.79 Å². The van der Waals surface area contributed by atoms with Gasteiger partial charge in [-0.1, -0.05) is 40.5 Å². The number of hydrogen-bond donors (Lipinski definition) is 1. The molecule has 1 N–H and O–H groups in total. The van der Waals surface area contributed by atoms with Crippen LogP contribution < -0.4 is 4.59 Å². The van der Waals surface area contributed by atoms with Crippen LogP contribution in [0.3, 0.4) is 0 Å². The second-order valence-electron chi connectivity index (χ2n) is 3.91. The standard InChI is InChI=1S/C9H10N6O/c1-15(9-10-13-14-11-9)8(16)6-4-2-3-5-7(6)12-15/h2-7H,1H3,(H,10,11,13,14). The number of H-pyrrole nitrogens is 1. The van der Waals surface area contributed by atoms with E-state index in [0.29, 0.717) is 0 Å². The fourth-order valence-corrected chi connectivity index (χ4v) is 2.04. The fourth-order valence-electron chi connectivity index (χ4n) is 2.04. The predicted molar refractivity (Wildman–Crippen MR) is 55.8 cm³/mol. The third kappa shape index (κ3) is 1.09. The summed E-state index contributed by atoms with van der Waals surface area (Å²) in [5.74, 6) is 0.0294. The summed E-state index contributed by atoms with van der Waals surface area (Å²) in [4.78, 5) is 12.2. The molecule has 0 aromatic carbocycles. The van der Waals surface area contributed by atoms with E-state index in [4.69, 9.17) is 0 Å². The van der Waals surface area contributed by atoms with E-state index in [9.17, 15) is 4.79 Å². The van der Waals surface area contributed by atoms with Gasteiger partial charge in [-0.25, -0.2) is 4.79 Å². The molecule has 1 amide bonds. The number of hydrogen-bond acceptors (Lipinski definition) is 4. The molecule has 7 nitrogen and oxygen atoms in total. The van der Waals surface area contributed by atoms with Crippen LogP contribution in [0.15, 0.2) is 24.3 Å². The van der Waals surface area contributed by atoms with Crippen molar-refractivity contribution in [3.8, 4) is 0 Å². The first-order chi connectivity index (χ1) is 7.72. The van der Waals surface area contributed by atoms with E-state index in [0.717, 1.165) is 0 Å². The molecule has 1 aromatic rings. The van der Waals surface area contributed by atoms with Gasteiger partial charge in [-0.3, -0.25) is 4.59 Å². The van der Waals surface area contributed by atoms with Gasteiger partial charge in [0.05, 0.1) is 13.0 Å². The van der Waals surface area contributed by atoms with E-state index in [2.05, 4.69) is 26.0 Å². The highest BCUT2D eigenvalue weighted by Crippen LogP contribution is 2.38. The molecule has 1 aliphatic carbocycles. The van der Waals surface area contributed by atoms with E-state index >= 15 is 0 Å². The minimum absolute atomic E-state index is 0.0352. The van der Waals surface area contributed by atoms with Crippen molar-refractivity contribution in [2.45, 2.75) is 6.04 Å². The lowest BCUT2D eigenvalue weighted by atomic mass is 9.97. The minimum Gasteiger partial charge on any atom is -0.429 e. The Hall–Kier alpha value is -1.86. The Kier molecular flexibility index (Phi) is 1.79. The molecular weight excluding hydrogens is 208 g/mol. The molecule has 0 radical (unpaired) electrons. The highest BCUT2D eigenvalue weighted by atomic mass is 16.2. The van der Waals surface area contributed by atoms with Gasteiger partial charge in [-0.05, 0) is 5.21 Å². The van der Waals surface area contributed by atoms with E-state index in [1.165, 1.54) is 0 Å². The molecule has 3 unspecified atom stereocenters. The first-order valence-corrected chi connectivity index (χ1v) is 4.94. The van der Waals surface area contributed by atoms with Crippen LogP contribution in [0.25, 0.3) is 5.43 Å². The largest absolute Gasteiger partial charge is 0.429 e. The van der Waals surface area contributed by atoms with Gasteiger partial charge in [0.25, 0.3) is 0 Å². The van der Waals surface area contributed by atoms with Crippen LogP contribution in [0.1, 0.15) is 0 Å². The predicted octanol–water partition coefficient (Wildman–Crippen LogP) is 0.0765. The molecule has 2 heterocycles. The Morgan fingerprint density at radius 3 is 2.94 bits per heavy atom. The third-order valence-electron chi connectivity index (χ3n) is 2.91. The van der Waals surface area contributed by atoms with Crippen molar-refractivity contribution in [3.63, 3.8) is 0 Å². The van der Waals surface area contributed by atoms with E-state index in [1.54, 1.807) is 7.05 Å². The lowest BCUT2D eigenvalue weighted by Gasteiger charge is -2.33. The molecule has 82 valence electrons. The number of allylic oxidation sites excluding steroid dienone is 2. The monoisotopic (exact) mass is 218 g/mol. The van der Waals surface area contributed by atoms with Crippen molar-refractivity contribution < 1.29 is 4.79 Å². The summed E-state index contributed by atoms with van der Waals surface area (Å²) in [7, 11) is 1.67. The molecule has 3 atom stereocenters. The zero-order chi connectivity index (χ0) is 11.2. The summed E-state index contributed by atoms with van der Waals surface area (Å²) in [6.45, 7) is 0. The summed E-state index contributed by atoms with van der Waals surface area (Å²) >= 11 is 0. The maximum atomic E-state index is 12.2. The molecule has 7 heteroatoms. The Balaban J connectivity index is 2.03. The summed E-state index contributed by atoms with van der Waals surface area (Å²) in [6, 6.07) is -0.124. The summed E-state index contributed by atoms with van der Waals surface area (Å²) in [5.41, 5.74) is 4.43. The summed E-state index contributed by atoms with van der Waals surface area (Å²) < 4.78 is -0.249. The van der Waals surface area contributed by atoms with E-state index in [1.807, 2.05) is 24.3 Å². The van der Waals surface area contributed by atoms with Gasteiger partial charge >= 0.3 is 11.9 Å². The SMILES string of the molecule is C[N+]1(c2nn[nH]n2)[N-]C2C=CC=CC2C1=O. The summed E-state index contributed by atoms with van der Waals surface area (Å²) in [5, 5.41) is 13.5. The lowest BCUT2D eigenvalue weighted by molar-refractivity contribution is -0.127. The first-order valence-electron chi connectivity index (χ1n) is 4.94. The Bertz CT molecular complexity index is 478. The van der Waals surface area contributed by atoms with Crippen LogP contribution in [0, 0.1) is 5.92 Å². The van der Waals surface area contributed by atoms with Crippen molar-refractivity contribution in [2.75, 3.05) is 7.05 Å². The summed E-state index contributed by atoms with van der Waals surface area (Å²) in [6.07, 6.45) is 7.52. The van der Waals surface area contributed by atoms with Crippen molar-refractivity contribution >= 4 is 11.9 Å². The number of rotatable bonds is 1. The number of amides is 1. The van der Waals surface area contributed by atoms with Crippen molar-refractivity contribution in [2.24, 2.45) is 5.92 Å². The van der Waals surface area contributed by atoms with Gasteiger partial charge in [0.2, 0.25) is 0 Å². The molecule has 0 saturated carbocycles. The fraction of sp³-hybridized carbons (Fsp3) is 0.333. The zero-order valence-electron chi connectivity index (χ0n) is 8.61. The second-order valence-corrected chi connectivity index (χ2v) is 3.91. The highest BCUT2D eigenvalue weighted by molar-refractivity contribution is 5.95. The maximum Gasteiger partial charge on any atom is 0.365 e. The Labute approximate surface area is 91.4 Å². The van der Waals surface area contributed by atoms with Gasteiger partial charge in [-0.15, -0.1) is 0 Å². The average molecular weight is 218 g/mol. The lowest BCUT2D eigenvalue weighted by Crippen LogP contribution is -2.44. The second kappa shape index (κ2) is 3.06. The van der Waals surface area contributed by atoms with Crippen LogP contribution in [0.2, 0.25) is 0 Å². The Morgan fingerprint density at radius 2 is 2.25 bits per heavy atom. The molecule has 3 rings (SSSR count). The van der Waals surface area contributed by atoms with Crippen LogP contribution in [-0.4, -0.2) is 39.6 Å². The number of fused-ring (bicyclic) bond motifs is 1. The number of quaternary nitrogens is 1. The average Bonchev–Trinajstić information content (AvgIpc) is 2.89. The molecule has 0 spiro atoms. The molecule has 1 fully saturated rings. The quantitative estimate of drug-likeness (QED) is 0.676. The normalized spacial score (nSPS) is 36.7. The third-order valence-corrected chi connectivity index (χ3v) is 2.91. The van der Waals surface area contributed by atoms with Crippen molar-refractivity contribution in [3.05, 3.63) is 29.7 Å². The minimum atomic E-state index is -0.249. The number of carbonyl (C=O) groups is 1. The molecular formula is C9H10N6O. The first kappa shape index (κ1) is 9.37. The number of nitrogens with zero attached hydrogens (tertiary/aromatic N) is 5. The zero-order valence-corrected chi connectivity index (χ0v) is 8.61. The number of tetrazole rings is 1. The molecule has 1 saturated heterocycles. The van der Waals surface area contributed by atoms with Crippen LogP contribution in [0.5, 0.6) is 0 Å². The van der Waals surface area contributed by atoms with Gasteiger partial charge < -0.3 is 5.43 Å². The smallest absolute Gasteiger partial charge is 0.365 e. The molecule has 0 bridgehead atoms. The molecule has 1 aliphatic heterocycles. The number of aromatic nitrogens is 4. The van der Waals surface area contributed by atoms with Gasteiger partial charge in [-0.2, -0.15) is 5.21 Å². The number of nitrogens with one attached hydrogen (secondary N) is 1. The topological polar surface area (TPSA) is 85.6 Å². The number of aromatic amines is 1. The van der Waals surface area contributed by atoms with Gasteiger partial charge in [0.1, 0.15) is 0 Å². The van der Waals surface area contributed by atoms with E-state index < -0.39 is 0 Å². The molecule has 1 aromatic heterocycles. The molecule has 2 aliphatic rings. The van der Waals surface area contributed by atoms with E-state index in [-0.39, 0.29) is 28.4 Å². The van der Waals surface area contributed by atoms with Crippen molar-refractivity contribution in [1.29, 1.82) is 0 Å². The highest BCUT2D eigenvalue weighted by Gasteiger charge is 2.45. The molecule has 16 heavy (non-hydrogen) atoms. The van der Waals surface area contributed by atoms with Crippen LogP contribution >= 0.6 is 0 Å². The van der Waals surface area contributed by atoms with Gasteiger partial charge in [0.15, 0.2) is 0 Å². The number of carbonyl (C=O) groups excluding carboxylic acids is 1.